The van der Waals surface area contributed by atoms with Crippen LogP contribution in [-0.4, -0.2) is 23.4 Å². The maximum Gasteiger partial charge on any atom is 0.269 e. The number of nitrogens with one attached hydrogen (secondary N) is 2. The van der Waals surface area contributed by atoms with Crippen molar-refractivity contribution in [2.24, 2.45) is 0 Å². The molecule has 0 atom stereocenters. The number of rotatable bonds is 5. The minimum atomic E-state index is -0.391. The van der Waals surface area contributed by atoms with Crippen LogP contribution in [0.5, 0.6) is 5.75 Å². The third-order valence-corrected chi connectivity index (χ3v) is 3.81. The topological polar surface area (TPSA) is 80.3 Å². The molecule has 1 heterocycles. The van der Waals surface area contributed by atoms with Crippen LogP contribution in [0.25, 0.3) is 10.9 Å². The summed E-state index contributed by atoms with van der Waals surface area (Å²) in [5.41, 5.74) is 6.87. The van der Waals surface area contributed by atoms with Crippen molar-refractivity contribution in [3.05, 3.63) is 71.9 Å². The number of benzene rings is 2. The van der Waals surface area contributed by atoms with Crippen LogP contribution in [0.15, 0.2) is 60.8 Å². The highest BCUT2D eigenvalue weighted by atomic mass is 16.5. The zero-order valence-corrected chi connectivity index (χ0v) is 14.4. The maximum absolute atomic E-state index is 12.2. The number of ether oxygens (including phenoxy) is 1. The van der Waals surface area contributed by atoms with E-state index in [9.17, 15) is 9.59 Å². The van der Waals surface area contributed by atoms with Crippen molar-refractivity contribution in [3.8, 4) is 5.75 Å². The van der Waals surface area contributed by atoms with Gasteiger partial charge in [0.05, 0.1) is 18.5 Å². The number of hydrazine groups is 1. The fraction of sp³-hybridized carbons (Fsp3) is 0.150. The van der Waals surface area contributed by atoms with Crippen LogP contribution in [0.4, 0.5) is 0 Å². The average Bonchev–Trinajstić information content (AvgIpc) is 2.67. The summed E-state index contributed by atoms with van der Waals surface area (Å²) in [7, 11) is 0. The lowest BCUT2D eigenvalue weighted by Gasteiger charge is -2.09. The maximum atomic E-state index is 12.2. The molecule has 0 aliphatic heterocycles. The van der Waals surface area contributed by atoms with Gasteiger partial charge in [-0.05, 0) is 42.8 Å². The van der Waals surface area contributed by atoms with E-state index in [0.717, 1.165) is 16.5 Å². The predicted octanol–water partition coefficient (Wildman–Crippen LogP) is 2.64. The molecule has 2 N–H and O–H groups in total. The summed E-state index contributed by atoms with van der Waals surface area (Å²) in [5, 5.41) is 0.969. The van der Waals surface area contributed by atoms with Crippen molar-refractivity contribution >= 4 is 22.7 Å². The van der Waals surface area contributed by atoms with Crippen LogP contribution in [0.3, 0.4) is 0 Å². The van der Waals surface area contributed by atoms with Crippen molar-refractivity contribution in [1.29, 1.82) is 0 Å². The predicted molar refractivity (Wildman–Crippen MR) is 98.7 cm³/mol. The molecule has 0 saturated carbocycles. The second-order valence-electron chi connectivity index (χ2n) is 5.63. The summed E-state index contributed by atoms with van der Waals surface area (Å²) in [6.45, 7) is 2.45. The van der Waals surface area contributed by atoms with Crippen LogP contribution in [0.2, 0.25) is 0 Å². The second-order valence-corrected chi connectivity index (χ2v) is 5.63. The number of fused-ring (bicyclic) bond motifs is 1. The Bertz CT molecular complexity index is 918. The van der Waals surface area contributed by atoms with Crippen molar-refractivity contribution < 1.29 is 14.3 Å². The number of carbonyl (C=O) groups excluding carboxylic acids is 2. The molecule has 132 valence electrons. The molecule has 1 aromatic heterocycles. The summed E-state index contributed by atoms with van der Waals surface area (Å²) < 4.78 is 5.33. The zero-order valence-electron chi connectivity index (χ0n) is 14.4. The largest absolute Gasteiger partial charge is 0.494 e. The molecule has 0 fully saturated rings. The van der Waals surface area contributed by atoms with Crippen molar-refractivity contribution in [2.45, 2.75) is 13.3 Å². The number of amides is 2. The Morgan fingerprint density at radius 2 is 1.77 bits per heavy atom. The van der Waals surface area contributed by atoms with E-state index in [1.54, 1.807) is 30.5 Å². The minimum absolute atomic E-state index is 0.123. The number of nitrogens with zero attached hydrogens (tertiary/aromatic N) is 1. The Morgan fingerprint density at radius 1 is 1.00 bits per heavy atom. The molecule has 3 rings (SSSR count). The van der Waals surface area contributed by atoms with E-state index >= 15 is 0 Å². The fourth-order valence-electron chi connectivity index (χ4n) is 2.60. The van der Waals surface area contributed by atoms with Crippen LogP contribution in [0.1, 0.15) is 22.8 Å². The summed E-state index contributed by atoms with van der Waals surface area (Å²) in [4.78, 5) is 28.6. The number of hydrogen-bond acceptors (Lipinski definition) is 4. The van der Waals surface area contributed by atoms with Crippen molar-refractivity contribution in [1.82, 2.24) is 15.8 Å². The minimum Gasteiger partial charge on any atom is -0.494 e. The summed E-state index contributed by atoms with van der Waals surface area (Å²) in [5.74, 6) is -0.0172. The van der Waals surface area contributed by atoms with Gasteiger partial charge >= 0.3 is 0 Å². The van der Waals surface area contributed by atoms with Gasteiger partial charge in [-0.3, -0.25) is 25.4 Å². The molecule has 0 aliphatic rings. The first-order valence-electron chi connectivity index (χ1n) is 8.32. The molecular weight excluding hydrogens is 330 g/mol. The van der Waals surface area contributed by atoms with Gasteiger partial charge in [0.25, 0.3) is 5.91 Å². The molecule has 6 nitrogen and oxygen atoms in total. The Hall–Kier alpha value is -3.41. The van der Waals surface area contributed by atoms with E-state index in [1.165, 1.54) is 0 Å². The number of aromatic nitrogens is 1. The molecule has 0 unspecified atom stereocenters. The lowest BCUT2D eigenvalue weighted by atomic mass is 10.1. The lowest BCUT2D eigenvalue weighted by Crippen LogP contribution is -2.42. The van der Waals surface area contributed by atoms with Gasteiger partial charge in [-0.15, -0.1) is 0 Å². The fourth-order valence-corrected chi connectivity index (χ4v) is 2.60. The monoisotopic (exact) mass is 349 g/mol. The van der Waals surface area contributed by atoms with E-state index in [4.69, 9.17) is 4.74 Å². The lowest BCUT2D eigenvalue weighted by molar-refractivity contribution is -0.121. The van der Waals surface area contributed by atoms with Gasteiger partial charge in [0.2, 0.25) is 5.91 Å². The van der Waals surface area contributed by atoms with Gasteiger partial charge < -0.3 is 4.74 Å². The van der Waals surface area contributed by atoms with E-state index in [-0.39, 0.29) is 12.3 Å². The Morgan fingerprint density at radius 3 is 2.54 bits per heavy atom. The highest BCUT2D eigenvalue weighted by Gasteiger charge is 2.10. The standard InChI is InChI=1S/C20H19N3O3/c1-2-26-17-10-8-15(9-11-17)20(25)23-22-18(24)13-16-6-3-5-14-7-4-12-21-19(14)16/h3-12H,2,13H2,1H3,(H,22,24)(H,23,25). The van der Waals surface area contributed by atoms with E-state index in [2.05, 4.69) is 15.8 Å². The van der Waals surface area contributed by atoms with E-state index < -0.39 is 5.91 Å². The summed E-state index contributed by atoms with van der Waals surface area (Å²) >= 11 is 0. The zero-order chi connectivity index (χ0) is 18.4. The van der Waals surface area contributed by atoms with Crippen molar-refractivity contribution in [3.63, 3.8) is 0 Å². The van der Waals surface area contributed by atoms with Gasteiger partial charge in [0.1, 0.15) is 5.75 Å². The van der Waals surface area contributed by atoms with Crippen LogP contribution in [-0.2, 0) is 11.2 Å². The molecule has 0 radical (unpaired) electrons. The smallest absolute Gasteiger partial charge is 0.269 e. The molecular formula is C20H19N3O3. The molecule has 26 heavy (non-hydrogen) atoms. The van der Waals surface area contributed by atoms with Gasteiger partial charge in [-0.1, -0.05) is 24.3 Å². The summed E-state index contributed by atoms with van der Waals surface area (Å²) in [6.07, 6.45) is 1.81. The molecule has 0 bridgehead atoms. The number of para-hydroxylation sites is 1. The van der Waals surface area contributed by atoms with Crippen molar-refractivity contribution in [2.75, 3.05) is 6.61 Å². The molecule has 0 spiro atoms. The number of carbonyl (C=O) groups is 2. The Kier molecular flexibility index (Phi) is 5.43. The first kappa shape index (κ1) is 17.4. The quantitative estimate of drug-likeness (QED) is 0.694. The number of hydrogen-bond donors (Lipinski definition) is 2. The molecule has 6 heteroatoms. The number of pyridine rings is 1. The van der Waals surface area contributed by atoms with Gasteiger partial charge in [-0.25, -0.2) is 0 Å². The SMILES string of the molecule is CCOc1ccc(C(=O)NNC(=O)Cc2cccc3cccnc23)cc1. The normalized spacial score (nSPS) is 10.3. The van der Waals surface area contributed by atoms with Gasteiger partial charge in [-0.2, -0.15) is 0 Å². The highest BCUT2D eigenvalue weighted by Crippen LogP contribution is 2.16. The van der Waals surface area contributed by atoms with Crippen LogP contribution >= 0.6 is 0 Å². The Labute approximate surface area is 151 Å². The average molecular weight is 349 g/mol. The van der Waals surface area contributed by atoms with Crippen LogP contribution < -0.4 is 15.6 Å². The Balaban J connectivity index is 1.59. The van der Waals surface area contributed by atoms with Gasteiger partial charge in [0, 0.05) is 17.1 Å². The third kappa shape index (κ3) is 4.16. The first-order chi connectivity index (χ1) is 12.7. The first-order valence-corrected chi connectivity index (χ1v) is 8.32. The van der Waals surface area contributed by atoms with Crippen LogP contribution in [0, 0.1) is 0 Å². The highest BCUT2D eigenvalue weighted by molar-refractivity contribution is 5.96. The van der Waals surface area contributed by atoms with E-state index in [0.29, 0.717) is 17.9 Å². The third-order valence-electron chi connectivity index (χ3n) is 3.81. The molecule has 3 aromatic rings. The van der Waals surface area contributed by atoms with Gasteiger partial charge in [0.15, 0.2) is 0 Å². The summed E-state index contributed by atoms with van der Waals surface area (Å²) in [6, 6.07) is 16.2. The molecule has 0 saturated heterocycles. The molecule has 2 aromatic carbocycles. The second kappa shape index (κ2) is 8.11. The molecule has 0 aliphatic carbocycles. The molecule has 2 amide bonds. The van der Waals surface area contributed by atoms with E-state index in [1.807, 2.05) is 37.3 Å².